The summed E-state index contributed by atoms with van der Waals surface area (Å²) in [5.74, 6) is 0.787. The number of hydrogen-bond acceptors (Lipinski definition) is 6. The molecule has 0 radical (unpaired) electrons. The number of ether oxygens (including phenoxy) is 2. The van der Waals surface area contributed by atoms with Crippen LogP contribution in [-0.2, 0) is 16.1 Å². The van der Waals surface area contributed by atoms with Crippen LogP contribution in [0, 0.1) is 0 Å². The first-order valence-electron chi connectivity index (χ1n) is 12.6. The van der Waals surface area contributed by atoms with Crippen LogP contribution in [0.4, 0.5) is 0 Å². The molecule has 8 heteroatoms. The third kappa shape index (κ3) is 6.81. The van der Waals surface area contributed by atoms with Gasteiger partial charge in [0, 0.05) is 36.6 Å². The van der Waals surface area contributed by atoms with Gasteiger partial charge < -0.3 is 14.6 Å². The van der Waals surface area contributed by atoms with Crippen LogP contribution < -0.4 is 15.6 Å². The summed E-state index contributed by atoms with van der Waals surface area (Å²) in [5, 5.41) is 9.56. The molecule has 0 fully saturated rings. The highest BCUT2D eigenvalue weighted by Crippen LogP contribution is 2.33. The lowest BCUT2D eigenvalue weighted by Crippen LogP contribution is -2.54. The summed E-state index contributed by atoms with van der Waals surface area (Å²) >= 11 is 6.25. The van der Waals surface area contributed by atoms with E-state index in [0.717, 1.165) is 16.7 Å². The average Bonchev–Trinajstić information content (AvgIpc) is 3.28. The summed E-state index contributed by atoms with van der Waals surface area (Å²) in [6, 6.07) is 24.7. The van der Waals surface area contributed by atoms with Gasteiger partial charge in [-0.05, 0) is 48.4 Å². The van der Waals surface area contributed by atoms with Gasteiger partial charge in [-0.25, -0.2) is 10.4 Å². The number of aliphatic hydroxyl groups excluding tert-OH is 1. The standard InChI is InChI=1S/C30H32ClN3O4/c1-22-30(18-7-11-23-9-3-2-4-10-23,29(36)34-32-21-25-12-5-6-13-27(25)31)33-28(38-22)24-14-16-26(17-15-24)37-20-8-19-35/h2-7,9-17,22,32,35H,8,18-21H2,1H3,(H,34,36)/b11-7+/t22-,30-/m0/s1. The van der Waals surface area contributed by atoms with Gasteiger partial charge in [0.1, 0.15) is 11.9 Å². The Morgan fingerprint density at radius 2 is 1.84 bits per heavy atom. The molecule has 3 aromatic rings. The van der Waals surface area contributed by atoms with Gasteiger partial charge in [0.15, 0.2) is 5.54 Å². The zero-order valence-corrected chi connectivity index (χ0v) is 22.0. The number of carbonyl (C=O) groups is 1. The molecule has 4 rings (SSSR count). The predicted molar refractivity (Wildman–Crippen MR) is 150 cm³/mol. The fraction of sp³-hybridized carbons (Fsp3) is 0.267. The Morgan fingerprint density at radius 1 is 1.11 bits per heavy atom. The summed E-state index contributed by atoms with van der Waals surface area (Å²) in [7, 11) is 0. The molecule has 3 aromatic carbocycles. The number of hydrazine groups is 1. The van der Waals surface area contributed by atoms with E-state index in [9.17, 15) is 4.79 Å². The van der Waals surface area contributed by atoms with E-state index >= 15 is 0 Å². The van der Waals surface area contributed by atoms with Crippen molar-refractivity contribution in [3.63, 3.8) is 0 Å². The highest BCUT2D eigenvalue weighted by atomic mass is 35.5. The van der Waals surface area contributed by atoms with Crippen LogP contribution in [0.5, 0.6) is 5.75 Å². The second kappa shape index (κ2) is 13.2. The number of nitrogens with one attached hydrogen (secondary N) is 2. The van der Waals surface area contributed by atoms with E-state index in [1.54, 1.807) is 0 Å². The average molecular weight is 534 g/mol. The maximum absolute atomic E-state index is 13.6. The van der Waals surface area contributed by atoms with Crippen LogP contribution in [0.25, 0.3) is 6.08 Å². The van der Waals surface area contributed by atoms with Crippen molar-refractivity contribution in [2.75, 3.05) is 13.2 Å². The summed E-state index contributed by atoms with van der Waals surface area (Å²) in [6.07, 6.45) is 4.32. The van der Waals surface area contributed by atoms with Crippen molar-refractivity contribution in [2.24, 2.45) is 4.99 Å². The zero-order chi connectivity index (χ0) is 26.8. The Labute approximate surface area is 228 Å². The number of aliphatic imine (C=N–C) groups is 1. The quantitative estimate of drug-likeness (QED) is 0.227. The first-order valence-corrected chi connectivity index (χ1v) is 13.0. The number of carbonyl (C=O) groups excluding carboxylic acids is 1. The number of hydrogen-bond donors (Lipinski definition) is 3. The summed E-state index contributed by atoms with van der Waals surface area (Å²) < 4.78 is 11.8. The highest BCUT2D eigenvalue weighted by Gasteiger charge is 2.49. The molecule has 3 N–H and O–H groups in total. The summed E-state index contributed by atoms with van der Waals surface area (Å²) in [4.78, 5) is 18.4. The number of nitrogens with zero attached hydrogens (tertiary/aromatic N) is 1. The van der Waals surface area contributed by atoms with Crippen molar-refractivity contribution in [3.05, 3.63) is 107 Å². The fourth-order valence-corrected chi connectivity index (χ4v) is 4.30. The Bertz CT molecular complexity index is 1260. The van der Waals surface area contributed by atoms with E-state index in [4.69, 9.17) is 31.2 Å². The van der Waals surface area contributed by atoms with Crippen LogP contribution in [-0.4, -0.2) is 41.8 Å². The number of rotatable bonds is 12. The minimum absolute atomic E-state index is 0.0801. The van der Waals surface area contributed by atoms with Crippen LogP contribution in [0.1, 0.15) is 36.5 Å². The molecule has 1 aliphatic heterocycles. The number of amides is 1. The Kier molecular flexibility index (Phi) is 9.54. The molecule has 2 atom stereocenters. The lowest BCUT2D eigenvalue weighted by molar-refractivity contribution is -0.129. The van der Waals surface area contributed by atoms with Crippen molar-refractivity contribution >= 4 is 29.5 Å². The molecule has 38 heavy (non-hydrogen) atoms. The van der Waals surface area contributed by atoms with Crippen LogP contribution in [0.2, 0.25) is 5.02 Å². The van der Waals surface area contributed by atoms with Gasteiger partial charge in [0.25, 0.3) is 5.91 Å². The molecule has 1 heterocycles. The van der Waals surface area contributed by atoms with Gasteiger partial charge >= 0.3 is 0 Å². The Balaban J connectivity index is 1.53. The monoisotopic (exact) mass is 533 g/mol. The van der Waals surface area contributed by atoms with Gasteiger partial charge in [0.2, 0.25) is 5.90 Å². The molecule has 0 bridgehead atoms. The van der Waals surface area contributed by atoms with Crippen LogP contribution in [0.15, 0.2) is 89.9 Å². The third-order valence-corrected chi connectivity index (χ3v) is 6.67. The topological polar surface area (TPSA) is 92.2 Å². The van der Waals surface area contributed by atoms with Gasteiger partial charge in [-0.1, -0.05) is 72.3 Å². The normalized spacial score (nSPS) is 18.7. The van der Waals surface area contributed by atoms with Gasteiger partial charge in [-0.2, -0.15) is 0 Å². The lowest BCUT2D eigenvalue weighted by Gasteiger charge is -2.27. The molecule has 1 amide bonds. The predicted octanol–water partition coefficient (Wildman–Crippen LogP) is 4.93. The minimum Gasteiger partial charge on any atom is -0.494 e. The van der Waals surface area contributed by atoms with E-state index in [-0.39, 0.29) is 12.5 Å². The van der Waals surface area contributed by atoms with E-state index in [0.29, 0.717) is 42.7 Å². The molecular weight excluding hydrogens is 502 g/mol. The maximum Gasteiger partial charge on any atom is 0.266 e. The molecule has 0 aliphatic carbocycles. The summed E-state index contributed by atoms with van der Waals surface area (Å²) in [5.41, 5.74) is 7.29. The van der Waals surface area contributed by atoms with Crippen molar-refractivity contribution in [1.29, 1.82) is 0 Å². The second-order valence-corrected chi connectivity index (χ2v) is 9.37. The maximum atomic E-state index is 13.6. The number of benzene rings is 3. The molecule has 0 spiro atoms. The van der Waals surface area contributed by atoms with E-state index < -0.39 is 11.6 Å². The van der Waals surface area contributed by atoms with Gasteiger partial charge in [-0.3, -0.25) is 10.2 Å². The minimum atomic E-state index is -1.18. The second-order valence-electron chi connectivity index (χ2n) is 8.97. The molecule has 0 saturated carbocycles. The Hall–Kier alpha value is -3.65. The van der Waals surface area contributed by atoms with Crippen molar-refractivity contribution < 1.29 is 19.4 Å². The smallest absolute Gasteiger partial charge is 0.266 e. The van der Waals surface area contributed by atoms with Crippen molar-refractivity contribution in [1.82, 2.24) is 10.9 Å². The lowest BCUT2D eigenvalue weighted by atomic mass is 9.89. The molecular formula is C30H32ClN3O4. The fourth-order valence-electron chi connectivity index (χ4n) is 4.09. The van der Waals surface area contributed by atoms with Gasteiger partial charge in [0.05, 0.1) is 6.61 Å². The first-order chi connectivity index (χ1) is 18.5. The largest absolute Gasteiger partial charge is 0.494 e. The third-order valence-electron chi connectivity index (χ3n) is 6.31. The van der Waals surface area contributed by atoms with E-state index in [1.807, 2.05) is 97.9 Å². The Morgan fingerprint density at radius 3 is 2.58 bits per heavy atom. The first kappa shape index (κ1) is 27.4. The molecule has 1 aliphatic rings. The number of aliphatic hydroxyl groups is 1. The number of halogens is 1. The molecule has 0 saturated heterocycles. The van der Waals surface area contributed by atoms with Crippen molar-refractivity contribution in [2.45, 2.75) is 38.0 Å². The van der Waals surface area contributed by atoms with Crippen LogP contribution in [0.3, 0.4) is 0 Å². The molecule has 7 nitrogen and oxygen atoms in total. The van der Waals surface area contributed by atoms with Gasteiger partial charge in [-0.15, -0.1) is 0 Å². The van der Waals surface area contributed by atoms with E-state index in [1.165, 1.54) is 0 Å². The van der Waals surface area contributed by atoms with E-state index in [2.05, 4.69) is 10.9 Å². The SMILES string of the molecule is C[C@@H]1OC(c2ccc(OCCCO)cc2)=N[C@]1(C/C=C/c1ccccc1)C(=O)NNCc1ccccc1Cl. The van der Waals surface area contributed by atoms with Crippen LogP contribution >= 0.6 is 11.6 Å². The zero-order valence-electron chi connectivity index (χ0n) is 21.3. The summed E-state index contributed by atoms with van der Waals surface area (Å²) in [6.45, 7) is 2.73. The highest BCUT2D eigenvalue weighted by molar-refractivity contribution is 6.31. The molecule has 198 valence electrons. The molecule has 0 aromatic heterocycles. The molecule has 0 unspecified atom stereocenters. The van der Waals surface area contributed by atoms with Crippen molar-refractivity contribution in [3.8, 4) is 5.75 Å².